The molecule has 1 aromatic heterocycles. The van der Waals surface area contributed by atoms with Gasteiger partial charge in [-0.05, 0) is 36.5 Å². The van der Waals surface area contributed by atoms with Crippen LogP contribution < -0.4 is 28.6 Å². The van der Waals surface area contributed by atoms with Crippen LogP contribution in [-0.4, -0.2) is 73.5 Å². The molecule has 0 unspecified atom stereocenters. The molecule has 2 aromatic carbocycles. The van der Waals surface area contributed by atoms with Crippen LogP contribution in [0.1, 0.15) is 0 Å². The van der Waals surface area contributed by atoms with Crippen LogP contribution in [0.3, 0.4) is 0 Å². The smallest absolute Gasteiger partial charge is 0.231 e. The van der Waals surface area contributed by atoms with Gasteiger partial charge in [-0.2, -0.15) is 5.10 Å². The van der Waals surface area contributed by atoms with Crippen LogP contribution in [0.25, 0.3) is 11.4 Å². The van der Waals surface area contributed by atoms with E-state index in [0.29, 0.717) is 41.1 Å². The lowest BCUT2D eigenvalue weighted by Gasteiger charge is -2.35. The zero-order valence-electron chi connectivity index (χ0n) is 21.3. The second-order valence-corrected chi connectivity index (χ2v) is 9.07. The summed E-state index contributed by atoms with van der Waals surface area (Å²) in [4.78, 5) is 4.71. The van der Waals surface area contributed by atoms with Gasteiger partial charge in [-0.1, -0.05) is 6.08 Å². The average Bonchev–Trinajstić information content (AvgIpc) is 3.52. The molecule has 0 saturated carbocycles. The molecule has 0 atom stereocenters. The maximum Gasteiger partial charge on any atom is 0.231 e. The van der Waals surface area contributed by atoms with Gasteiger partial charge in [-0.3, -0.25) is 9.47 Å². The number of aromatic nitrogens is 3. The van der Waals surface area contributed by atoms with Crippen molar-refractivity contribution in [1.82, 2.24) is 19.2 Å². The number of piperazine rings is 1. The minimum absolute atomic E-state index is 0.282. The summed E-state index contributed by atoms with van der Waals surface area (Å²) in [5.74, 6) is 3.96. The van der Waals surface area contributed by atoms with Crippen LogP contribution in [0, 0.1) is 4.77 Å². The summed E-state index contributed by atoms with van der Waals surface area (Å²) in [5, 5.41) is 4.91. The topological polar surface area (TPSA) is 75.4 Å². The highest BCUT2D eigenvalue weighted by Gasteiger charge is 2.23. The average molecular weight is 526 g/mol. The molecule has 0 bridgehead atoms. The molecule has 5 rings (SSSR count). The number of rotatable bonds is 9. The van der Waals surface area contributed by atoms with E-state index in [1.807, 2.05) is 33.5 Å². The molecule has 0 aliphatic carbocycles. The van der Waals surface area contributed by atoms with Gasteiger partial charge < -0.3 is 28.6 Å². The number of hydrogen-bond acceptors (Lipinski definition) is 9. The molecule has 2 aliphatic heterocycles. The number of nitrogens with zero attached hydrogens (tertiary/aromatic N) is 5. The Morgan fingerprint density at radius 2 is 1.68 bits per heavy atom. The fourth-order valence-electron chi connectivity index (χ4n) is 4.67. The van der Waals surface area contributed by atoms with Crippen LogP contribution in [-0.2, 0) is 13.2 Å². The lowest BCUT2D eigenvalue weighted by Crippen LogP contribution is -2.47. The lowest BCUT2D eigenvalue weighted by atomic mass is 10.1. The Balaban J connectivity index is 1.36. The second kappa shape index (κ2) is 10.7. The van der Waals surface area contributed by atoms with Crippen LogP contribution in [0.2, 0.25) is 0 Å². The Morgan fingerprint density at radius 1 is 0.973 bits per heavy atom. The van der Waals surface area contributed by atoms with Crippen molar-refractivity contribution in [3.05, 3.63) is 47.8 Å². The van der Waals surface area contributed by atoms with E-state index in [1.54, 1.807) is 21.3 Å². The van der Waals surface area contributed by atoms with Gasteiger partial charge in [0.15, 0.2) is 33.6 Å². The van der Waals surface area contributed by atoms with Gasteiger partial charge in [0, 0.05) is 50.0 Å². The standard InChI is InChI=1S/C26H31N5O5S/c1-5-8-30-25(18-13-22(32-2)24(34-4)23(14-18)33-3)27-31(26(30)37)16-28-9-11-29(12-10-28)19-6-7-20-21(15-19)36-17-35-20/h5-7,13-15H,1,8-12,16-17H2,2-4H3. The summed E-state index contributed by atoms with van der Waals surface area (Å²) in [6.45, 7) is 8.84. The van der Waals surface area contributed by atoms with Gasteiger partial charge in [0.05, 0.1) is 28.0 Å². The first-order valence-electron chi connectivity index (χ1n) is 12.0. The van der Waals surface area contributed by atoms with E-state index < -0.39 is 0 Å². The number of fused-ring (bicyclic) bond motifs is 1. The molecule has 10 nitrogen and oxygen atoms in total. The second-order valence-electron chi connectivity index (χ2n) is 8.70. The van der Waals surface area contributed by atoms with E-state index in [4.69, 9.17) is 41.0 Å². The molecule has 0 N–H and O–H groups in total. The number of hydrogen-bond donors (Lipinski definition) is 0. The highest BCUT2D eigenvalue weighted by atomic mass is 32.1. The minimum Gasteiger partial charge on any atom is -0.493 e. The highest BCUT2D eigenvalue weighted by molar-refractivity contribution is 7.71. The first-order valence-corrected chi connectivity index (χ1v) is 12.4. The van der Waals surface area contributed by atoms with Gasteiger partial charge in [-0.25, -0.2) is 4.68 Å². The van der Waals surface area contributed by atoms with Crippen LogP contribution in [0.15, 0.2) is 43.0 Å². The number of benzene rings is 2. The number of methoxy groups -OCH3 is 3. The zero-order valence-corrected chi connectivity index (χ0v) is 22.1. The first kappa shape index (κ1) is 25.0. The van der Waals surface area contributed by atoms with Crippen molar-refractivity contribution in [2.45, 2.75) is 13.2 Å². The molecule has 0 radical (unpaired) electrons. The van der Waals surface area contributed by atoms with E-state index >= 15 is 0 Å². The molecule has 1 saturated heterocycles. The fraction of sp³-hybridized carbons (Fsp3) is 0.385. The van der Waals surface area contributed by atoms with Crippen molar-refractivity contribution >= 4 is 17.9 Å². The van der Waals surface area contributed by atoms with Crippen LogP contribution in [0.5, 0.6) is 28.7 Å². The highest BCUT2D eigenvalue weighted by Crippen LogP contribution is 2.41. The monoisotopic (exact) mass is 525 g/mol. The molecular weight excluding hydrogens is 494 g/mol. The van der Waals surface area contributed by atoms with E-state index in [0.717, 1.165) is 48.9 Å². The summed E-state index contributed by atoms with van der Waals surface area (Å²) in [5.41, 5.74) is 1.95. The van der Waals surface area contributed by atoms with Gasteiger partial charge in [0.2, 0.25) is 12.5 Å². The van der Waals surface area contributed by atoms with Gasteiger partial charge in [-0.15, -0.1) is 6.58 Å². The van der Waals surface area contributed by atoms with Gasteiger partial charge in [0.25, 0.3) is 0 Å². The number of anilines is 1. The van der Waals surface area contributed by atoms with Crippen molar-refractivity contribution in [3.8, 4) is 40.1 Å². The SMILES string of the molecule is C=CCn1c(-c2cc(OC)c(OC)c(OC)c2)nn(CN2CCN(c3ccc4c(c3)OCO4)CC2)c1=S. The molecule has 3 heterocycles. The Labute approximate surface area is 221 Å². The molecule has 11 heteroatoms. The maximum atomic E-state index is 5.83. The van der Waals surface area contributed by atoms with E-state index in [9.17, 15) is 0 Å². The van der Waals surface area contributed by atoms with Crippen molar-refractivity contribution in [1.29, 1.82) is 0 Å². The predicted molar refractivity (Wildman–Crippen MR) is 143 cm³/mol. The molecule has 0 amide bonds. The summed E-state index contributed by atoms with van der Waals surface area (Å²) in [6, 6.07) is 9.87. The Morgan fingerprint density at radius 3 is 2.32 bits per heavy atom. The zero-order chi connectivity index (χ0) is 25.9. The molecule has 0 spiro atoms. The summed E-state index contributed by atoms with van der Waals surface area (Å²) in [7, 11) is 4.78. The van der Waals surface area contributed by atoms with Gasteiger partial charge >= 0.3 is 0 Å². The van der Waals surface area contributed by atoms with E-state index in [1.165, 1.54) is 0 Å². The van der Waals surface area contributed by atoms with Crippen LogP contribution in [0.4, 0.5) is 5.69 Å². The molecule has 3 aromatic rings. The van der Waals surface area contributed by atoms with E-state index in [2.05, 4.69) is 28.5 Å². The third-order valence-electron chi connectivity index (χ3n) is 6.58. The van der Waals surface area contributed by atoms with Crippen molar-refractivity contribution in [2.75, 3.05) is 59.2 Å². The van der Waals surface area contributed by atoms with Crippen molar-refractivity contribution in [3.63, 3.8) is 0 Å². The molecule has 2 aliphatic rings. The lowest BCUT2D eigenvalue weighted by molar-refractivity contribution is 0.174. The predicted octanol–water partition coefficient (Wildman–Crippen LogP) is 3.80. The first-order chi connectivity index (χ1) is 18.1. The van der Waals surface area contributed by atoms with Crippen LogP contribution >= 0.6 is 12.2 Å². The molecule has 1 fully saturated rings. The Kier molecular flexibility index (Phi) is 7.24. The Bertz CT molecular complexity index is 1320. The molecule has 37 heavy (non-hydrogen) atoms. The largest absolute Gasteiger partial charge is 0.493 e. The Hall–Kier alpha value is -3.70. The minimum atomic E-state index is 0.282. The van der Waals surface area contributed by atoms with Crippen molar-refractivity contribution < 1.29 is 23.7 Å². The van der Waals surface area contributed by atoms with E-state index in [-0.39, 0.29) is 6.79 Å². The quantitative estimate of drug-likeness (QED) is 0.306. The van der Waals surface area contributed by atoms with Gasteiger partial charge in [0.1, 0.15) is 0 Å². The summed E-state index contributed by atoms with van der Waals surface area (Å²) < 4.78 is 32.0. The van der Waals surface area contributed by atoms with Crippen molar-refractivity contribution in [2.24, 2.45) is 0 Å². The third-order valence-corrected chi connectivity index (χ3v) is 7.02. The molecule has 196 valence electrons. The number of allylic oxidation sites excluding steroid dienone is 1. The third kappa shape index (κ3) is 4.84. The number of ether oxygens (including phenoxy) is 5. The fourth-order valence-corrected chi connectivity index (χ4v) is 4.93. The summed E-state index contributed by atoms with van der Waals surface area (Å²) >= 11 is 5.83. The molecular formula is C26H31N5O5S. The summed E-state index contributed by atoms with van der Waals surface area (Å²) in [6.07, 6.45) is 1.81. The normalized spacial score (nSPS) is 15.1. The maximum absolute atomic E-state index is 5.83.